The molecule has 2 amide bonds. The number of carboxylic acids is 1. The number of urea groups is 1. The standard InChI is InChI=1S/C15H19IN2O3/c1-15(6-2-3-7-15)9-17-14(21)18-12-5-4-10(16)8-11(12)13(19)20/h4-5,8H,2-3,6-7,9H2,1H3,(H,19,20)(H2,17,18,21). The Morgan fingerprint density at radius 2 is 2.00 bits per heavy atom. The Labute approximate surface area is 137 Å². The SMILES string of the molecule is CC1(CNC(=O)Nc2ccc(I)cc2C(=O)O)CCCC1. The van der Waals surface area contributed by atoms with Crippen molar-refractivity contribution >= 4 is 40.3 Å². The highest BCUT2D eigenvalue weighted by molar-refractivity contribution is 14.1. The minimum Gasteiger partial charge on any atom is -0.478 e. The number of aromatic carboxylic acids is 1. The zero-order valence-corrected chi connectivity index (χ0v) is 14.1. The highest BCUT2D eigenvalue weighted by atomic mass is 127. The minimum absolute atomic E-state index is 0.101. The van der Waals surface area contributed by atoms with Gasteiger partial charge in [0.25, 0.3) is 0 Å². The van der Waals surface area contributed by atoms with Gasteiger partial charge < -0.3 is 15.7 Å². The summed E-state index contributed by atoms with van der Waals surface area (Å²) >= 11 is 2.04. The highest BCUT2D eigenvalue weighted by Gasteiger charge is 2.28. The molecule has 5 nitrogen and oxygen atoms in total. The Morgan fingerprint density at radius 3 is 2.62 bits per heavy atom. The van der Waals surface area contributed by atoms with Crippen molar-refractivity contribution in [2.45, 2.75) is 32.6 Å². The third kappa shape index (κ3) is 4.33. The maximum Gasteiger partial charge on any atom is 0.337 e. The molecule has 1 aliphatic carbocycles. The number of benzene rings is 1. The summed E-state index contributed by atoms with van der Waals surface area (Å²) in [4.78, 5) is 23.2. The van der Waals surface area contributed by atoms with E-state index < -0.39 is 5.97 Å². The molecule has 0 radical (unpaired) electrons. The van der Waals surface area contributed by atoms with Crippen LogP contribution in [0.5, 0.6) is 0 Å². The van der Waals surface area contributed by atoms with Gasteiger partial charge in [0.15, 0.2) is 0 Å². The van der Waals surface area contributed by atoms with Gasteiger partial charge >= 0.3 is 12.0 Å². The number of anilines is 1. The number of carboxylic acid groups (broad SMARTS) is 1. The number of hydrogen-bond acceptors (Lipinski definition) is 2. The fourth-order valence-electron chi connectivity index (χ4n) is 2.67. The van der Waals surface area contributed by atoms with Crippen LogP contribution < -0.4 is 10.6 Å². The van der Waals surface area contributed by atoms with Crippen LogP contribution in [0.1, 0.15) is 43.0 Å². The molecular weight excluding hydrogens is 383 g/mol. The molecule has 0 heterocycles. The van der Waals surface area contributed by atoms with Crippen LogP contribution in [-0.4, -0.2) is 23.7 Å². The van der Waals surface area contributed by atoms with Crippen molar-refractivity contribution in [3.8, 4) is 0 Å². The topological polar surface area (TPSA) is 78.4 Å². The Kier molecular flexibility index (Phi) is 5.08. The third-order valence-electron chi connectivity index (χ3n) is 3.95. The van der Waals surface area contributed by atoms with E-state index in [9.17, 15) is 14.7 Å². The molecule has 0 atom stereocenters. The molecule has 2 rings (SSSR count). The first-order valence-electron chi connectivity index (χ1n) is 6.97. The molecule has 0 bridgehead atoms. The fraction of sp³-hybridized carbons (Fsp3) is 0.467. The maximum atomic E-state index is 12.0. The summed E-state index contributed by atoms with van der Waals surface area (Å²) < 4.78 is 0.814. The number of carbonyl (C=O) groups is 2. The van der Waals surface area contributed by atoms with E-state index in [0.717, 1.165) is 16.4 Å². The average molecular weight is 402 g/mol. The molecule has 0 aliphatic heterocycles. The predicted octanol–water partition coefficient (Wildman–Crippen LogP) is 3.69. The van der Waals surface area contributed by atoms with Crippen LogP contribution in [0.25, 0.3) is 0 Å². The first-order valence-corrected chi connectivity index (χ1v) is 8.05. The van der Waals surface area contributed by atoms with E-state index in [1.165, 1.54) is 18.9 Å². The number of hydrogen-bond donors (Lipinski definition) is 3. The Hall–Kier alpha value is -1.31. The fourth-order valence-corrected chi connectivity index (χ4v) is 3.16. The van der Waals surface area contributed by atoms with Crippen LogP contribution in [0, 0.1) is 8.99 Å². The molecule has 1 fully saturated rings. The van der Waals surface area contributed by atoms with Crippen molar-refractivity contribution in [3.63, 3.8) is 0 Å². The predicted molar refractivity (Wildman–Crippen MR) is 89.7 cm³/mol. The molecular formula is C15H19IN2O3. The summed E-state index contributed by atoms with van der Waals surface area (Å²) in [5.41, 5.74) is 0.583. The summed E-state index contributed by atoms with van der Waals surface area (Å²) in [6.45, 7) is 2.79. The van der Waals surface area contributed by atoms with E-state index in [1.807, 2.05) is 22.6 Å². The molecule has 0 aromatic heterocycles. The van der Waals surface area contributed by atoms with Crippen LogP contribution in [0.2, 0.25) is 0 Å². The van der Waals surface area contributed by atoms with E-state index in [4.69, 9.17) is 0 Å². The summed E-state index contributed by atoms with van der Waals surface area (Å²) in [6.07, 6.45) is 4.66. The lowest BCUT2D eigenvalue weighted by Gasteiger charge is -2.23. The molecule has 1 aromatic rings. The molecule has 1 saturated carbocycles. The monoisotopic (exact) mass is 402 g/mol. The summed E-state index contributed by atoms with van der Waals surface area (Å²) in [5, 5.41) is 14.6. The lowest BCUT2D eigenvalue weighted by molar-refractivity contribution is 0.0698. The summed E-state index contributed by atoms with van der Waals surface area (Å²) in [6, 6.07) is 4.56. The van der Waals surface area contributed by atoms with Gasteiger partial charge in [-0.05, 0) is 59.0 Å². The Balaban J connectivity index is 1.98. The van der Waals surface area contributed by atoms with E-state index in [-0.39, 0.29) is 17.0 Å². The molecule has 3 N–H and O–H groups in total. The van der Waals surface area contributed by atoms with E-state index >= 15 is 0 Å². The van der Waals surface area contributed by atoms with Crippen LogP contribution >= 0.6 is 22.6 Å². The first kappa shape index (κ1) is 16.1. The van der Waals surface area contributed by atoms with Crippen molar-refractivity contribution in [1.82, 2.24) is 5.32 Å². The van der Waals surface area contributed by atoms with Gasteiger partial charge in [0, 0.05) is 10.1 Å². The Morgan fingerprint density at radius 1 is 1.33 bits per heavy atom. The summed E-state index contributed by atoms with van der Waals surface area (Å²) in [7, 11) is 0. The molecule has 1 aliphatic rings. The zero-order valence-electron chi connectivity index (χ0n) is 11.9. The quantitative estimate of drug-likeness (QED) is 0.673. The van der Waals surface area contributed by atoms with E-state index in [0.29, 0.717) is 12.2 Å². The number of amides is 2. The van der Waals surface area contributed by atoms with Gasteiger partial charge in [0.1, 0.15) is 0 Å². The van der Waals surface area contributed by atoms with E-state index in [1.54, 1.807) is 12.1 Å². The van der Waals surface area contributed by atoms with Gasteiger partial charge in [-0.1, -0.05) is 19.8 Å². The van der Waals surface area contributed by atoms with Gasteiger partial charge in [-0.15, -0.1) is 0 Å². The Bertz CT molecular complexity index is 554. The molecule has 1 aromatic carbocycles. The van der Waals surface area contributed by atoms with Crippen molar-refractivity contribution < 1.29 is 14.7 Å². The minimum atomic E-state index is -1.05. The maximum absolute atomic E-state index is 12.0. The number of halogens is 1. The second-order valence-electron chi connectivity index (χ2n) is 5.82. The second kappa shape index (κ2) is 6.64. The number of carbonyl (C=O) groups excluding carboxylic acids is 1. The lowest BCUT2D eigenvalue weighted by Crippen LogP contribution is -2.37. The van der Waals surface area contributed by atoms with Crippen molar-refractivity contribution in [2.75, 3.05) is 11.9 Å². The molecule has 0 spiro atoms. The van der Waals surface area contributed by atoms with Crippen LogP contribution in [0.4, 0.5) is 10.5 Å². The number of nitrogens with one attached hydrogen (secondary N) is 2. The zero-order chi connectivity index (χ0) is 15.5. The van der Waals surface area contributed by atoms with Gasteiger partial charge in [-0.3, -0.25) is 0 Å². The van der Waals surface area contributed by atoms with Crippen LogP contribution in [0.3, 0.4) is 0 Å². The van der Waals surface area contributed by atoms with Crippen molar-refractivity contribution in [3.05, 3.63) is 27.3 Å². The molecule has 0 unspecified atom stereocenters. The van der Waals surface area contributed by atoms with Gasteiger partial charge in [0.2, 0.25) is 0 Å². The average Bonchev–Trinajstić information content (AvgIpc) is 2.86. The van der Waals surface area contributed by atoms with Gasteiger partial charge in [-0.25, -0.2) is 9.59 Å². The highest BCUT2D eigenvalue weighted by Crippen LogP contribution is 2.36. The molecule has 114 valence electrons. The first-order chi connectivity index (χ1) is 9.89. The number of rotatable bonds is 4. The smallest absolute Gasteiger partial charge is 0.337 e. The largest absolute Gasteiger partial charge is 0.478 e. The third-order valence-corrected chi connectivity index (χ3v) is 4.62. The normalized spacial score (nSPS) is 16.5. The summed E-state index contributed by atoms with van der Waals surface area (Å²) in [5.74, 6) is -1.05. The second-order valence-corrected chi connectivity index (χ2v) is 7.07. The van der Waals surface area contributed by atoms with Gasteiger partial charge in [0.05, 0.1) is 11.3 Å². The molecule has 21 heavy (non-hydrogen) atoms. The van der Waals surface area contributed by atoms with Crippen LogP contribution in [0.15, 0.2) is 18.2 Å². The van der Waals surface area contributed by atoms with Crippen molar-refractivity contribution in [2.24, 2.45) is 5.41 Å². The van der Waals surface area contributed by atoms with Gasteiger partial charge in [-0.2, -0.15) is 0 Å². The molecule has 0 saturated heterocycles. The lowest BCUT2D eigenvalue weighted by atomic mass is 9.89. The van der Waals surface area contributed by atoms with Crippen LogP contribution in [-0.2, 0) is 0 Å². The molecule has 6 heteroatoms. The van der Waals surface area contributed by atoms with E-state index in [2.05, 4.69) is 17.6 Å². The van der Waals surface area contributed by atoms with Crippen molar-refractivity contribution in [1.29, 1.82) is 0 Å².